The molecule has 64 heavy (non-hydrogen) atoms. The van der Waals surface area contributed by atoms with E-state index in [9.17, 15) is 0 Å². The average Bonchev–Trinajstić information content (AvgIpc) is 3.21. The molecule has 0 bridgehead atoms. The highest BCUT2D eigenvalue weighted by molar-refractivity contribution is 6.37. The highest BCUT2D eigenvalue weighted by Gasteiger charge is 2.13. The van der Waals surface area contributed by atoms with Gasteiger partial charge in [-0.05, 0) is 72.8 Å². The van der Waals surface area contributed by atoms with Gasteiger partial charge in [0.2, 0.25) is 47.6 Å². The molecule has 4 aromatic carbocycles. The van der Waals surface area contributed by atoms with Crippen molar-refractivity contribution < 1.29 is 0 Å². The van der Waals surface area contributed by atoms with Crippen LogP contribution >= 0.6 is 92.8 Å². The van der Waals surface area contributed by atoms with Gasteiger partial charge >= 0.3 is 0 Å². The van der Waals surface area contributed by atoms with Crippen LogP contribution in [-0.4, -0.2) is 59.8 Å². The molecule has 8 rings (SSSR count). The van der Waals surface area contributed by atoms with Gasteiger partial charge in [-0.15, -0.1) is 0 Å². The molecule has 0 aliphatic heterocycles. The Bertz CT molecular complexity index is 2490. The predicted molar refractivity (Wildman–Crippen MR) is 256 cm³/mol. The van der Waals surface area contributed by atoms with E-state index in [-0.39, 0.29) is 47.6 Å². The standard InChI is InChI=1S/4C9H7Cl2N5/c4*10-4-1-2-6(11)5(3-4)7-14-8(12)16-9(13)15-7/h4*1-3H,(H4,12,13,14,15,16). The first-order valence-electron chi connectivity index (χ1n) is 17.1. The van der Waals surface area contributed by atoms with Crippen molar-refractivity contribution in [3.05, 3.63) is 113 Å². The first-order valence-corrected chi connectivity index (χ1v) is 20.2. The minimum Gasteiger partial charge on any atom is -0.368 e. The van der Waals surface area contributed by atoms with Crippen LogP contribution in [0.4, 0.5) is 47.6 Å². The van der Waals surface area contributed by atoms with E-state index in [2.05, 4.69) is 59.8 Å². The number of rotatable bonds is 4. The van der Waals surface area contributed by atoms with Crippen LogP contribution in [-0.2, 0) is 0 Å². The number of nitrogens with two attached hydrogens (primary N) is 8. The zero-order valence-corrected chi connectivity index (χ0v) is 38.0. The molecule has 20 nitrogen and oxygen atoms in total. The van der Waals surface area contributed by atoms with Crippen LogP contribution in [0.15, 0.2) is 72.8 Å². The lowest BCUT2D eigenvalue weighted by atomic mass is 10.2. The van der Waals surface area contributed by atoms with E-state index in [1.807, 2.05) is 0 Å². The molecule has 328 valence electrons. The Hall–Kier alpha value is -6.36. The van der Waals surface area contributed by atoms with Gasteiger partial charge in [0.05, 0.1) is 20.1 Å². The molecular formula is C36H28Cl8N20. The van der Waals surface area contributed by atoms with Crippen molar-refractivity contribution in [1.29, 1.82) is 0 Å². The Labute approximate surface area is 402 Å². The Morgan fingerprint density at radius 1 is 0.234 bits per heavy atom. The summed E-state index contributed by atoms with van der Waals surface area (Å²) in [5, 5.41) is 3.97. The van der Waals surface area contributed by atoms with Crippen molar-refractivity contribution in [1.82, 2.24) is 59.8 Å². The molecule has 0 aliphatic carbocycles. The topological polar surface area (TPSA) is 363 Å². The summed E-state index contributed by atoms with van der Waals surface area (Å²) in [7, 11) is 0. The van der Waals surface area contributed by atoms with Crippen molar-refractivity contribution in [2.45, 2.75) is 0 Å². The number of hydrogen-bond donors (Lipinski definition) is 8. The molecule has 8 aromatic rings. The molecule has 0 spiro atoms. The maximum absolute atomic E-state index is 5.99. The summed E-state index contributed by atoms with van der Waals surface area (Å²) in [6, 6.07) is 19.8. The minimum atomic E-state index is 0.0403. The summed E-state index contributed by atoms with van der Waals surface area (Å²) in [6.07, 6.45) is 0. The van der Waals surface area contributed by atoms with E-state index in [4.69, 9.17) is 139 Å². The average molecular weight is 1020 g/mol. The van der Waals surface area contributed by atoms with Crippen molar-refractivity contribution in [3.63, 3.8) is 0 Å². The molecule has 0 amide bonds. The first kappa shape index (κ1) is 48.7. The van der Waals surface area contributed by atoms with Gasteiger partial charge in [-0.1, -0.05) is 92.8 Å². The van der Waals surface area contributed by atoms with Gasteiger partial charge in [-0.2, -0.15) is 59.8 Å². The van der Waals surface area contributed by atoms with Crippen LogP contribution in [0.5, 0.6) is 0 Å². The van der Waals surface area contributed by atoms with Crippen molar-refractivity contribution in [2.24, 2.45) is 0 Å². The molecule has 4 heterocycles. The molecule has 16 N–H and O–H groups in total. The van der Waals surface area contributed by atoms with E-state index in [1.54, 1.807) is 72.8 Å². The molecule has 0 saturated carbocycles. The molecule has 0 unspecified atom stereocenters. The number of hydrogen-bond acceptors (Lipinski definition) is 20. The molecule has 0 saturated heterocycles. The second-order valence-corrected chi connectivity index (χ2v) is 15.4. The second-order valence-electron chi connectivity index (χ2n) is 12.0. The summed E-state index contributed by atoms with van der Waals surface area (Å²) in [5.74, 6) is 1.54. The third-order valence-electron chi connectivity index (χ3n) is 7.36. The van der Waals surface area contributed by atoms with Gasteiger partial charge in [0.25, 0.3) is 0 Å². The quantitative estimate of drug-likeness (QED) is 0.0826. The normalized spacial score (nSPS) is 10.4. The Morgan fingerprint density at radius 2 is 0.391 bits per heavy atom. The zero-order valence-electron chi connectivity index (χ0n) is 31.9. The monoisotopic (exact) mass is 1020 g/mol. The summed E-state index contributed by atoms with van der Waals surface area (Å²) >= 11 is 47.4. The van der Waals surface area contributed by atoms with E-state index in [0.717, 1.165) is 0 Å². The third-order valence-corrected chi connectivity index (χ3v) is 9.62. The van der Waals surface area contributed by atoms with E-state index < -0.39 is 0 Å². The maximum Gasteiger partial charge on any atom is 0.225 e. The van der Waals surface area contributed by atoms with Crippen LogP contribution in [0, 0.1) is 0 Å². The van der Waals surface area contributed by atoms with Gasteiger partial charge in [-0.25, -0.2) is 0 Å². The van der Waals surface area contributed by atoms with Crippen LogP contribution in [0.25, 0.3) is 45.6 Å². The fraction of sp³-hybridized carbons (Fsp3) is 0. The Morgan fingerprint density at radius 3 is 0.547 bits per heavy atom. The van der Waals surface area contributed by atoms with Crippen molar-refractivity contribution in [2.75, 3.05) is 45.9 Å². The van der Waals surface area contributed by atoms with E-state index in [1.165, 1.54) is 0 Å². The summed E-state index contributed by atoms with van der Waals surface area (Å²) in [5.41, 5.74) is 46.0. The summed E-state index contributed by atoms with van der Waals surface area (Å²) in [4.78, 5) is 46.2. The third kappa shape index (κ3) is 13.8. The highest BCUT2D eigenvalue weighted by Crippen LogP contribution is 2.32. The molecular weight excluding hydrogens is 996 g/mol. The Balaban J connectivity index is 0.000000161. The number of benzene rings is 4. The van der Waals surface area contributed by atoms with Crippen LogP contribution in [0.3, 0.4) is 0 Å². The van der Waals surface area contributed by atoms with Gasteiger partial charge in [0, 0.05) is 42.3 Å². The summed E-state index contributed by atoms with van der Waals surface area (Å²) < 4.78 is 0. The predicted octanol–water partition coefficient (Wildman–Crippen LogP) is 8.04. The molecule has 0 atom stereocenters. The van der Waals surface area contributed by atoms with Gasteiger partial charge in [0.1, 0.15) is 0 Å². The van der Waals surface area contributed by atoms with Crippen LogP contribution < -0.4 is 45.9 Å². The fourth-order valence-electron chi connectivity index (χ4n) is 4.79. The van der Waals surface area contributed by atoms with Gasteiger partial charge in [-0.3, -0.25) is 0 Å². The van der Waals surface area contributed by atoms with Crippen molar-refractivity contribution >= 4 is 140 Å². The summed E-state index contributed by atoms with van der Waals surface area (Å²) in [6.45, 7) is 0. The van der Waals surface area contributed by atoms with E-state index in [0.29, 0.717) is 85.7 Å². The first-order chi connectivity index (χ1) is 30.2. The lowest BCUT2D eigenvalue weighted by molar-refractivity contribution is 1.09. The molecule has 0 fully saturated rings. The second kappa shape index (κ2) is 21.8. The van der Waals surface area contributed by atoms with Crippen LogP contribution in [0.2, 0.25) is 40.2 Å². The molecule has 28 heteroatoms. The highest BCUT2D eigenvalue weighted by atomic mass is 35.5. The molecule has 0 radical (unpaired) electrons. The number of aromatic nitrogens is 12. The van der Waals surface area contributed by atoms with Gasteiger partial charge < -0.3 is 45.9 Å². The fourth-order valence-corrected chi connectivity index (χ4v) is 6.29. The van der Waals surface area contributed by atoms with Crippen molar-refractivity contribution in [3.8, 4) is 45.6 Å². The van der Waals surface area contributed by atoms with E-state index >= 15 is 0 Å². The molecule has 0 aliphatic rings. The lowest BCUT2D eigenvalue weighted by Gasteiger charge is -2.04. The van der Waals surface area contributed by atoms with Crippen LogP contribution in [0.1, 0.15) is 0 Å². The number of halogens is 8. The van der Waals surface area contributed by atoms with Gasteiger partial charge in [0.15, 0.2) is 23.3 Å². The number of nitrogens with zero attached hydrogens (tertiary/aromatic N) is 12. The Kier molecular flexibility index (Phi) is 16.6. The lowest BCUT2D eigenvalue weighted by Crippen LogP contribution is -2.04. The smallest absolute Gasteiger partial charge is 0.225 e. The minimum absolute atomic E-state index is 0.0403. The zero-order chi connectivity index (χ0) is 46.8. The largest absolute Gasteiger partial charge is 0.368 e. The number of nitrogen functional groups attached to an aromatic ring is 8. The SMILES string of the molecule is Nc1nc(N)nc(-c2cc(Cl)ccc2Cl)n1.Nc1nc(N)nc(-c2cc(Cl)ccc2Cl)n1.Nc1nc(N)nc(-c2cc(Cl)ccc2Cl)n1.Nc1nc(N)nc(-c2cc(Cl)ccc2Cl)n1. The number of anilines is 8. The molecule has 4 aromatic heterocycles. The maximum atomic E-state index is 5.99.